The molecule has 0 unspecified atom stereocenters. The number of amides is 2. The number of aromatic nitrogens is 2. The van der Waals surface area contributed by atoms with E-state index in [4.69, 9.17) is 14.2 Å². The molecule has 248 valence electrons. The summed E-state index contributed by atoms with van der Waals surface area (Å²) in [6, 6.07) is 29.0. The van der Waals surface area contributed by atoms with Gasteiger partial charge in [0.25, 0.3) is 5.91 Å². The molecule has 0 spiro atoms. The summed E-state index contributed by atoms with van der Waals surface area (Å²) in [6.45, 7) is 12.7. The van der Waals surface area contributed by atoms with E-state index in [-0.39, 0.29) is 19.0 Å². The summed E-state index contributed by atoms with van der Waals surface area (Å²) in [5.41, 5.74) is 0.920. The van der Waals surface area contributed by atoms with Gasteiger partial charge in [0.15, 0.2) is 5.60 Å². The molecule has 1 aliphatic rings. The number of benzene rings is 3. The third-order valence-electron chi connectivity index (χ3n) is 8.51. The highest BCUT2D eigenvalue weighted by Gasteiger charge is 2.57. The number of hydrogen-bond acceptors (Lipinski definition) is 7. The van der Waals surface area contributed by atoms with Crippen LogP contribution in [0.3, 0.4) is 0 Å². The van der Waals surface area contributed by atoms with Crippen molar-refractivity contribution in [3.8, 4) is 11.1 Å². The number of rotatable bonds is 13. The Kier molecular flexibility index (Phi) is 10.2. The largest absolute Gasteiger partial charge is 0.440 e. The number of hydrogen-bond donors (Lipinski definition) is 1. The summed E-state index contributed by atoms with van der Waals surface area (Å²) in [5.74, 6) is -0.726. The summed E-state index contributed by atoms with van der Waals surface area (Å²) >= 11 is 0. The predicted octanol–water partition coefficient (Wildman–Crippen LogP) is 7.37. The molecule has 10 heteroatoms. The van der Waals surface area contributed by atoms with E-state index in [1.807, 2.05) is 84.9 Å². The van der Waals surface area contributed by atoms with Crippen molar-refractivity contribution in [2.24, 2.45) is 0 Å². The number of carbonyl (C=O) groups excluding carboxylic acids is 2. The SMILES string of the molecule is CC1(C)OC(=O)N(C(=O)[C@@](C)(OCc2ccc(-c3ccccc3)cc2)[C@@H](O)c2ccn(COCC[Si](C)(C)C)n2)[C@H]1c1ccccc1. The van der Waals surface area contributed by atoms with Gasteiger partial charge in [-0.2, -0.15) is 5.10 Å². The van der Waals surface area contributed by atoms with E-state index in [9.17, 15) is 14.7 Å². The van der Waals surface area contributed by atoms with Crippen molar-refractivity contribution in [3.63, 3.8) is 0 Å². The minimum atomic E-state index is -1.91. The van der Waals surface area contributed by atoms with Gasteiger partial charge < -0.3 is 19.3 Å². The van der Waals surface area contributed by atoms with Crippen LogP contribution < -0.4 is 0 Å². The molecule has 9 nitrogen and oxygen atoms in total. The molecular formula is C37H45N3O6Si. The van der Waals surface area contributed by atoms with Gasteiger partial charge in [-0.25, -0.2) is 14.4 Å². The van der Waals surface area contributed by atoms with E-state index in [1.54, 1.807) is 30.8 Å². The van der Waals surface area contributed by atoms with Gasteiger partial charge in [0.05, 0.1) is 12.3 Å². The first kappa shape index (κ1) is 34.2. The van der Waals surface area contributed by atoms with Gasteiger partial charge in [0.1, 0.15) is 24.5 Å². The van der Waals surface area contributed by atoms with E-state index in [1.165, 1.54) is 6.92 Å². The number of aliphatic hydroxyl groups excluding tert-OH is 1. The first-order valence-corrected chi connectivity index (χ1v) is 19.7. The smallest absolute Gasteiger partial charge is 0.417 e. The van der Waals surface area contributed by atoms with Crippen LogP contribution in [0.25, 0.3) is 11.1 Å². The second kappa shape index (κ2) is 13.9. The predicted molar refractivity (Wildman–Crippen MR) is 183 cm³/mol. The van der Waals surface area contributed by atoms with Gasteiger partial charge >= 0.3 is 6.09 Å². The third kappa shape index (κ3) is 7.90. The van der Waals surface area contributed by atoms with Crippen LogP contribution in [0.2, 0.25) is 25.7 Å². The number of nitrogens with zero attached hydrogens (tertiary/aromatic N) is 3. The molecule has 1 fully saturated rings. The minimum Gasteiger partial charge on any atom is -0.440 e. The molecule has 0 bridgehead atoms. The standard InChI is InChI=1S/C37H45N3O6Si/c1-36(2)32(30-15-11-8-12-16-30)40(35(43)46-36)34(42)37(3,33(41)31-21-22-39(38-31)26-44-23-24-47(4,5)6)45-25-27-17-19-29(20-18-27)28-13-9-7-10-14-28/h7-22,32-33,41H,23-26H2,1-6H3/t32-,33-,37-/m0/s1. The van der Waals surface area contributed by atoms with Gasteiger partial charge in [0.2, 0.25) is 0 Å². The molecule has 5 rings (SSSR count). The van der Waals surface area contributed by atoms with Crippen LogP contribution in [0.4, 0.5) is 4.79 Å². The van der Waals surface area contributed by atoms with Crippen LogP contribution in [-0.2, 0) is 32.3 Å². The number of ether oxygens (including phenoxy) is 3. The molecule has 1 aliphatic heterocycles. The highest BCUT2D eigenvalue weighted by Crippen LogP contribution is 2.44. The Morgan fingerprint density at radius 3 is 2.23 bits per heavy atom. The Bertz CT molecular complexity index is 1650. The van der Waals surface area contributed by atoms with Gasteiger partial charge in [-0.1, -0.05) is 105 Å². The van der Waals surface area contributed by atoms with Crippen molar-refractivity contribution >= 4 is 20.1 Å². The maximum absolute atomic E-state index is 14.6. The quantitative estimate of drug-likeness (QED) is 0.119. The van der Waals surface area contributed by atoms with Gasteiger partial charge in [0, 0.05) is 20.9 Å². The van der Waals surface area contributed by atoms with Crippen molar-refractivity contribution < 1.29 is 28.9 Å². The number of cyclic esters (lactones) is 1. The molecular weight excluding hydrogens is 611 g/mol. The molecule has 2 heterocycles. The Morgan fingerprint density at radius 1 is 0.979 bits per heavy atom. The first-order chi connectivity index (χ1) is 22.3. The molecule has 1 saturated heterocycles. The van der Waals surface area contributed by atoms with Crippen molar-refractivity contribution in [2.45, 2.75) is 83.1 Å². The molecule has 3 atom stereocenters. The molecule has 4 aromatic rings. The Balaban J connectivity index is 1.43. The molecule has 0 saturated carbocycles. The van der Waals surface area contributed by atoms with Gasteiger partial charge in [-0.15, -0.1) is 0 Å². The maximum Gasteiger partial charge on any atom is 0.417 e. The summed E-state index contributed by atoms with van der Waals surface area (Å²) < 4.78 is 19.5. The zero-order valence-electron chi connectivity index (χ0n) is 28.1. The fourth-order valence-electron chi connectivity index (χ4n) is 5.70. The van der Waals surface area contributed by atoms with Crippen LogP contribution in [0.1, 0.15) is 49.7 Å². The molecule has 47 heavy (non-hydrogen) atoms. The molecule has 3 aromatic carbocycles. The minimum absolute atomic E-state index is 0.00281. The molecule has 1 N–H and O–H groups in total. The van der Waals surface area contributed by atoms with Crippen molar-refractivity contribution in [3.05, 3.63) is 114 Å². The zero-order chi connectivity index (χ0) is 33.8. The molecule has 2 amide bonds. The zero-order valence-corrected chi connectivity index (χ0v) is 29.1. The van der Waals surface area contributed by atoms with Crippen LogP contribution >= 0.6 is 0 Å². The highest BCUT2D eigenvalue weighted by molar-refractivity contribution is 6.76. The lowest BCUT2D eigenvalue weighted by Gasteiger charge is -2.37. The second-order valence-electron chi connectivity index (χ2n) is 13.9. The number of imide groups is 1. The van der Waals surface area contributed by atoms with Crippen molar-refractivity contribution in [1.82, 2.24) is 14.7 Å². The molecule has 0 radical (unpaired) electrons. The number of aliphatic hydroxyl groups is 1. The topological polar surface area (TPSA) is 103 Å². The van der Waals surface area contributed by atoms with Crippen LogP contribution in [-0.4, -0.2) is 57.7 Å². The van der Waals surface area contributed by atoms with Gasteiger partial charge in [-0.05, 0) is 55.1 Å². The van der Waals surface area contributed by atoms with Crippen LogP contribution in [0.5, 0.6) is 0 Å². The fourth-order valence-corrected chi connectivity index (χ4v) is 6.46. The monoisotopic (exact) mass is 655 g/mol. The summed E-state index contributed by atoms with van der Waals surface area (Å²) in [5, 5.41) is 16.4. The van der Waals surface area contributed by atoms with Gasteiger partial charge in [-0.3, -0.25) is 4.79 Å². The average Bonchev–Trinajstić information content (AvgIpc) is 3.62. The Hall–Kier alpha value is -4.09. The van der Waals surface area contributed by atoms with Crippen molar-refractivity contribution in [1.29, 1.82) is 0 Å². The summed E-state index contributed by atoms with van der Waals surface area (Å²) in [4.78, 5) is 29.1. The molecule has 1 aromatic heterocycles. The summed E-state index contributed by atoms with van der Waals surface area (Å²) in [7, 11) is -1.25. The van der Waals surface area contributed by atoms with E-state index >= 15 is 0 Å². The second-order valence-corrected chi connectivity index (χ2v) is 19.6. The Morgan fingerprint density at radius 2 is 1.60 bits per heavy atom. The van der Waals surface area contributed by atoms with Crippen LogP contribution in [0, 0.1) is 0 Å². The van der Waals surface area contributed by atoms with Crippen molar-refractivity contribution in [2.75, 3.05) is 6.61 Å². The Labute approximate surface area is 278 Å². The fraction of sp³-hybridized carbons (Fsp3) is 0.378. The third-order valence-corrected chi connectivity index (χ3v) is 10.2. The van der Waals surface area contributed by atoms with E-state index in [2.05, 4.69) is 24.7 Å². The van der Waals surface area contributed by atoms with E-state index in [0.29, 0.717) is 6.61 Å². The average molecular weight is 656 g/mol. The normalized spacial score (nSPS) is 18.1. The molecule has 0 aliphatic carbocycles. The van der Waals surface area contributed by atoms with Crippen LogP contribution in [0.15, 0.2) is 97.2 Å². The lowest BCUT2D eigenvalue weighted by atomic mass is 9.88. The summed E-state index contributed by atoms with van der Waals surface area (Å²) in [6.07, 6.45) is -0.625. The van der Waals surface area contributed by atoms with E-state index < -0.39 is 43.4 Å². The highest BCUT2D eigenvalue weighted by atomic mass is 28.3. The van der Waals surface area contributed by atoms with E-state index in [0.717, 1.165) is 33.2 Å². The number of carbonyl (C=O) groups is 2. The lowest BCUT2D eigenvalue weighted by Crippen LogP contribution is -2.54. The lowest BCUT2D eigenvalue weighted by molar-refractivity contribution is -0.175. The first-order valence-electron chi connectivity index (χ1n) is 16.0. The maximum atomic E-state index is 14.6.